The highest BCUT2D eigenvalue weighted by molar-refractivity contribution is 7.91. The summed E-state index contributed by atoms with van der Waals surface area (Å²) in [5.74, 6) is -2.67. The first-order valence-corrected chi connectivity index (χ1v) is 8.87. The van der Waals surface area contributed by atoms with Crippen molar-refractivity contribution in [3.05, 3.63) is 24.3 Å². The Morgan fingerprint density at radius 3 is 2.38 bits per heavy atom. The van der Waals surface area contributed by atoms with Crippen molar-refractivity contribution in [2.24, 2.45) is 5.92 Å². The van der Waals surface area contributed by atoms with E-state index in [0.29, 0.717) is 0 Å². The molecule has 0 saturated heterocycles. The number of alkyl halides is 2. The first-order chi connectivity index (χ1) is 9.95. The van der Waals surface area contributed by atoms with Gasteiger partial charge in [0.05, 0.1) is 10.6 Å². The summed E-state index contributed by atoms with van der Waals surface area (Å²) in [5, 5.41) is 3.14. The van der Waals surface area contributed by atoms with E-state index in [4.69, 9.17) is 0 Å². The third-order valence-electron chi connectivity index (χ3n) is 4.21. The zero-order valence-corrected chi connectivity index (χ0v) is 12.9. The van der Waals surface area contributed by atoms with Crippen LogP contribution in [-0.2, 0) is 9.84 Å². The van der Waals surface area contributed by atoms with Crippen LogP contribution < -0.4 is 5.32 Å². The summed E-state index contributed by atoms with van der Waals surface area (Å²) in [6, 6.07) is 6.07. The molecule has 1 aromatic carbocycles. The van der Waals surface area contributed by atoms with E-state index in [1.165, 1.54) is 12.1 Å². The molecule has 0 heterocycles. The van der Waals surface area contributed by atoms with Crippen LogP contribution in [0.5, 0.6) is 0 Å². The van der Waals surface area contributed by atoms with Crippen LogP contribution in [0.15, 0.2) is 29.2 Å². The number of hydrogen-bond acceptors (Lipinski definition) is 3. The van der Waals surface area contributed by atoms with Gasteiger partial charge in [-0.25, -0.2) is 8.42 Å². The average Bonchev–Trinajstić information content (AvgIpc) is 2.48. The SMILES string of the molecule is CCC1CCC(Nc2ccccc2S(=O)(=O)C(F)F)CC1. The topological polar surface area (TPSA) is 46.2 Å². The van der Waals surface area contributed by atoms with Crippen molar-refractivity contribution in [1.29, 1.82) is 0 Å². The lowest BCUT2D eigenvalue weighted by Gasteiger charge is -2.29. The highest BCUT2D eigenvalue weighted by atomic mass is 32.2. The molecule has 0 unspecified atom stereocenters. The van der Waals surface area contributed by atoms with E-state index in [1.807, 2.05) is 0 Å². The minimum Gasteiger partial charge on any atom is -0.381 e. The number of anilines is 1. The molecule has 118 valence electrons. The second-order valence-corrected chi connectivity index (χ2v) is 7.46. The third kappa shape index (κ3) is 3.73. The van der Waals surface area contributed by atoms with Crippen molar-refractivity contribution in [3.63, 3.8) is 0 Å². The predicted molar refractivity (Wildman–Crippen MR) is 79.3 cm³/mol. The summed E-state index contributed by atoms with van der Waals surface area (Å²) in [7, 11) is -4.57. The Labute approximate surface area is 124 Å². The highest BCUT2D eigenvalue weighted by Gasteiger charge is 2.30. The van der Waals surface area contributed by atoms with Gasteiger partial charge in [0, 0.05) is 6.04 Å². The maximum Gasteiger partial charge on any atom is 0.341 e. The van der Waals surface area contributed by atoms with E-state index in [0.717, 1.165) is 38.0 Å². The normalized spacial score (nSPS) is 23.2. The smallest absolute Gasteiger partial charge is 0.341 e. The van der Waals surface area contributed by atoms with Gasteiger partial charge in [0.25, 0.3) is 0 Å². The number of benzene rings is 1. The third-order valence-corrected chi connectivity index (χ3v) is 5.65. The lowest BCUT2D eigenvalue weighted by atomic mass is 9.84. The Kier molecular flexibility index (Phi) is 5.19. The van der Waals surface area contributed by atoms with Crippen LogP contribution in [0.3, 0.4) is 0 Å². The first kappa shape index (κ1) is 16.2. The van der Waals surface area contributed by atoms with Gasteiger partial charge in [0.15, 0.2) is 0 Å². The summed E-state index contributed by atoms with van der Waals surface area (Å²) < 4.78 is 48.9. The minimum absolute atomic E-state index is 0.154. The van der Waals surface area contributed by atoms with Crippen molar-refractivity contribution in [2.45, 2.75) is 55.7 Å². The molecule has 0 amide bonds. The van der Waals surface area contributed by atoms with Crippen LogP contribution in [0.2, 0.25) is 0 Å². The van der Waals surface area contributed by atoms with Crippen molar-refractivity contribution < 1.29 is 17.2 Å². The van der Waals surface area contributed by atoms with Crippen molar-refractivity contribution in [2.75, 3.05) is 5.32 Å². The first-order valence-electron chi connectivity index (χ1n) is 7.32. The molecule has 0 radical (unpaired) electrons. The number of rotatable bonds is 5. The second kappa shape index (κ2) is 6.73. The zero-order chi connectivity index (χ0) is 15.5. The molecule has 1 fully saturated rings. The van der Waals surface area contributed by atoms with Gasteiger partial charge in [-0.1, -0.05) is 25.5 Å². The molecule has 0 atom stereocenters. The molecular weight excluding hydrogens is 296 g/mol. The van der Waals surface area contributed by atoms with Gasteiger partial charge >= 0.3 is 5.76 Å². The van der Waals surface area contributed by atoms with E-state index >= 15 is 0 Å². The quantitative estimate of drug-likeness (QED) is 0.890. The Morgan fingerprint density at radius 1 is 1.19 bits per heavy atom. The molecule has 1 aliphatic rings. The van der Waals surface area contributed by atoms with Crippen LogP contribution in [0, 0.1) is 5.92 Å². The lowest BCUT2D eigenvalue weighted by Crippen LogP contribution is -2.27. The molecule has 21 heavy (non-hydrogen) atoms. The molecule has 1 N–H and O–H groups in total. The molecule has 3 nitrogen and oxygen atoms in total. The van der Waals surface area contributed by atoms with Crippen molar-refractivity contribution in [3.8, 4) is 0 Å². The monoisotopic (exact) mass is 317 g/mol. The summed E-state index contributed by atoms with van der Waals surface area (Å²) in [5.41, 5.74) is 0.290. The fraction of sp³-hybridized carbons (Fsp3) is 0.600. The van der Waals surface area contributed by atoms with E-state index in [-0.39, 0.29) is 16.6 Å². The summed E-state index contributed by atoms with van der Waals surface area (Å²) in [6.45, 7) is 2.17. The minimum atomic E-state index is -4.57. The number of para-hydroxylation sites is 1. The summed E-state index contributed by atoms with van der Waals surface area (Å²) in [4.78, 5) is -0.308. The molecule has 2 rings (SSSR count). The van der Waals surface area contributed by atoms with E-state index in [1.54, 1.807) is 12.1 Å². The van der Waals surface area contributed by atoms with Gasteiger partial charge in [-0.2, -0.15) is 8.78 Å². The maximum atomic E-state index is 12.7. The highest BCUT2D eigenvalue weighted by Crippen LogP contribution is 2.31. The molecule has 6 heteroatoms. The Morgan fingerprint density at radius 2 is 1.81 bits per heavy atom. The largest absolute Gasteiger partial charge is 0.381 e. The Hall–Kier alpha value is -1.17. The summed E-state index contributed by atoms with van der Waals surface area (Å²) >= 11 is 0. The fourth-order valence-corrected chi connectivity index (χ4v) is 3.76. The fourth-order valence-electron chi connectivity index (χ4n) is 2.86. The van der Waals surface area contributed by atoms with Crippen molar-refractivity contribution in [1.82, 2.24) is 0 Å². The predicted octanol–water partition coefficient (Wildman–Crippen LogP) is 4.06. The van der Waals surface area contributed by atoms with Crippen LogP contribution in [-0.4, -0.2) is 20.2 Å². The number of hydrogen-bond donors (Lipinski definition) is 1. The van der Waals surface area contributed by atoms with Gasteiger partial charge in [-0.15, -0.1) is 0 Å². The molecule has 0 aliphatic heterocycles. The Bertz CT molecular complexity index is 567. The van der Waals surface area contributed by atoms with Crippen LogP contribution in [0.4, 0.5) is 14.5 Å². The van der Waals surface area contributed by atoms with E-state index in [9.17, 15) is 17.2 Å². The van der Waals surface area contributed by atoms with Crippen LogP contribution in [0.1, 0.15) is 39.0 Å². The number of sulfone groups is 1. The molecular formula is C15H21F2NO2S. The standard InChI is InChI=1S/C15H21F2NO2S/c1-2-11-7-9-12(10-8-11)18-13-5-3-4-6-14(13)21(19,20)15(16)17/h3-6,11-12,15,18H,2,7-10H2,1H3. The lowest BCUT2D eigenvalue weighted by molar-refractivity contribution is 0.235. The molecule has 0 spiro atoms. The van der Waals surface area contributed by atoms with Gasteiger partial charge in [0.1, 0.15) is 0 Å². The maximum absolute atomic E-state index is 12.7. The van der Waals surface area contributed by atoms with Crippen LogP contribution >= 0.6 is 0 Å². The molecule has 0 aromatic heterocycles. The Balaban J connectivity index is 2.15. The average molecular weight is 317 g/mol. The van der Waals surface area contributed by atoms with E-state index < -0.39 is 15.6 Å². The molecule has 0 bridgehead atoms. The number of nitrogens with one attached hydrogen (secondary N) is 1. The second-order valence-electron chi connectivity index (χ2n) is 5.57. The van der Waals surface area contributed by atoms with Crippen molar-refractivity contribution >= 4 is 15.5 Å². The van der Waals surface area contributed by atoms with Gasteiger partial charge in [-0.05, 0) is 43.7 Å². The number of halogens is 2. The van der Waals surface area contributed by atoms with Gasteiger partial charge in [-0.3, -0.25) is 0 Å². The van der Waals surface area contributed by atoms with Gasteiger partial charge < -0.3 is 5.32 Å². The molecule has 1 saturated carbocycles. The zero-order valence-electron chi connectivity index (χ0n) is 12.1. The van der Waals surface area contributed by atoms with Crippen LogP contribution in [0.25, 0.3) is 0 Å². The van der Waals surface area contributed by atoms with Gasteiger partial charge in [0.2, 0.25) is 9.84 Å². The molecule has 1 aliphatic carbocycles. The summed E-state index contributed by atoms with van der Waals surface area (Å²) in [6.07, 6.45) is 5.24. The van der Waals surface area contributed by atoms with E-state index in [2.05, 4.69) is 12.2 Å². The molecule has 1 aromatic rings.